The largest absolute Gasteiger partial charge is 0.381 e. The Balaban J connectivity index is 2.09. The Morgan fingerprint density at radius 3 is 2.80 bits per heavy atom. The average molecular weight is 213 g/mol. The van der Waals surface area contributed by atoms with E-state index < -0.39 is 0 Å². The number of unbranched alkanes of at least 4 members (excludes halogenated alkanes) is 1. The molecule has 2 nitrogen and oxygen atoms in total. The molecule has 1 rings (SSSR count). The molecule has 0 aromatic carbocycles. The van der Waals surface area contributed by atoms with Crippen LogP contribution in [0.5, 0.6) is 0 Å². The standard InChI is InChI=1S/C13H27NO/c1-4-5-10-15-11-8-13-7-6-9-14(13)12(2)3/h12-13H,4-11H2,1-3H3/t13-/m0/s1. The molecule has 0 radical (unpaired) electrons. The zero-order valence-electron chi connectivity index (χ0n) is 10.7. The molecule has 0 unspecified atom stereocenters. The van der Waals surface area contributed by atoms with E-state index in [2.05, 4.69) is 25.7 Å². The molecule has 15 heavy (non-hydrogen) atoms. The molecule has 0 saturated carbocycles. The van der Waals surface area contributed by atoms with E-state index in [1.165, 1.54) is 38.6 Å². The van der Waals surface area contributed by atoms with Crippen LogP contribution in [0, 0.1) is 0 Å². The van der Waals surface area contributed by atoms with Gasteiger partial charge in [0.1, 0.15) is 0 Å². The minimum atomic E-state index is 0.702. The van der Waals surface area contributed by atoms with E-state index in [-0.39, 0.29) is 0 Å². The van der Waals surface area contributed by atoms with Crippen LogP contribution in [-0.4, -0.2) is 36.7 Å². The first-order valence-electron chi connectivity index (χ1n) is 6.59. The van der Waals surface area contributed by atoms with Crippen molar-refractivity contribution in [3.05, 3.63) is 0 Å². The fourth-order valence-electron chi connectivity index (χ4n) is 2.42. The molecule has 1 atom stereocenters. The minimum Gasteiger partial charge on any atom is -0.381 e. The second-order valence-corrected chi connectivity index (χ2v) is 4.88. The Kier molecular flexibility index (Phi) is 6.26. The molecule has 90 valence electrons. The van der Waals surface area contributed by atoms with E-state index in [4.69, 9.17) is 4.74 Å². The van der Waals surface area contributed by atoms with Crippen molar-refractivity contribution in [3.63, 3.8) is 0 Å². The van der Waals surface area contributed by atoms with Crippen LogP contribution >= 0.6 is 0 Å². The Morgan fingerprint density at radius 1 is 1.33 bits per heavy atom. The normalized spacial score (nSPS) is 22.8. The van der Waals surface area contributed by atoms with Crippen LogP contribution in [0.1, 0.15) is 52.9 Å². The van der Waals surface area contributed by atoms with Crippen molar-refractivity contribution in [2.45, 2.75) is 65.0 Å². The maximum absolute atomic E-state index is 5.64. The third-order valence-electron chi connectivity index (χ3n) is 3.32. The van der Waals surface area contributed by atoms with Gasteiger partial charge in [0, 0.05) is 25.3 Å². The summed E-state index contributed by atoms with van der Waals surface area (Å²) in [6, 6.07) is 1.49. The lowest BCUT2D eigenvalue weighted by Gasteiger charge is -2.28. The van der Waals surface area contributed by atoms with Crippen LogP contribution in [0.25, 0.3) is 0 Å². The first kappa shape index (κ1) is 13.0. The third-order valence-corrected chi connectivity index (χ3v) is 3.32. The maximum atomic E-state index is 5.64. The highest BCUT2D eigenvalue weighted by atomic mass is 16.5. The van der Waals surface area contributed by atoms with Gasteiger partial charge >= 0.3 is 0 Å². The van der Waals surface area contributed by atoms with E-state index in [0.29, 0.717) is 6.04 Å². The number of nitrogens with zero attached hydrogens (tertiary/aromatic N) is 1. The highest BCUT2D eigenvalue weighted by Crippen LogP contribution is 2.22. The number of hydrogen-bond donors (Lipinski definition) is 0. The van der Waals surface area contributed by atoms with E-state index in [0.717, 1.165) is 19.3 Å². The maximum Gasteiger partial charge on any atom is 0.0480 e. The zero-order valence-corrected chi connectivity index (χ0v) is 10.7. The minimum absolute atomic E-state index is 0.702. The summed E-state index contributed by atoms with van der Waals surface area (Å²) in [5, 5.41) is 0. The summed E-state index contributed by atoms with van der Waals surface area (Å²) in [4.78, 5) is 2.63. The molecule has 0 bridgehead atoms. The molecule has 1 fully saturated rings. The number of rotatable bonds is 7. The third kappa shape index (κ3) is 4.52. The van der Waals surface area contributed by atoms with Gasteiger partial charge < -0.3 is 4.74 Å². The molecule has 0 N–H and O–H groups in total. The van der Waals surface area contributed by atoms with Crippen molar-refractivity contribution in [1.82, 2.24) is 4.90 Å². The topological polar surface area (TPSA) is 12.5 Å². The lowest BCUT2D eigenvalue weighted by atomic mass is 10.1. The predicted molar refractivity (Wildman–Crippen MR) is 65.2 cm³/mol. The lowest BCUT2D eigenvalue weighted by molar-refractivity contribution is 0.0989. The summed E-state index contributed by atoms with van der Waals surface area (Å²) in [7, 11) is 0. The van der Waals surface area contributed by atoms with Crippen LogP contribution in [0.2, 0.25) is 0 Å². The molecule has 2 heteroatoms. The molecular weight excluding hydrogens is 186 g/mol. The highest BCUT2D eigenvalue weighted by molar-refractivity contribution is 4.81. The number of likely N-dealkylation sites (tertiary alicyclic amines) is 1. The Bertz CT molecular complexity index is 159. The fraction of sp³-hybridized carbons (Fsp3) is 1.00. The zero-order chi connectivity index (χ0) is 11.1. The molecule has 1 aliphatic rings. The van der Waals surface area contributed by atoms with Crippen molar-refractivity contribution in [2.75, 3.05) is 19.8 Å². The monoisotopic (exact) mass is 213 g/mol. The van der Waals surface area contributed by atoms with Gasteiger partial charge in [0.15, 0.2) is 0 Å². The van der Waals surface area contributed by atoms with Crippen molar-refractivity contribution < 1.29 is 4.74 Å². The van der Waals surface area contributed by atoms with Gasteiger partial charge in [0.25, 0.3) is 0 Å². The Morgan fingerprint density at radius 2 is 2.13 bits per heavy atom. The van der Waals surface area contributed by atoms with Gasteiger partial charge in [-0.15, -0.1) is 0 Å². The van der Waals surface area contributed by atoms with Crippen molar-refractivity contribution in [1.29, 1.82) is 0 Å². The van der Waals surface area contributed by atoms with Gasteiger partial charge in [0.2, 0.25) is 0 Å². The van der Waals surface area contributed by atoms with Crippen LogP contribution < -0.4 is 0 Å². The van der Waals surface area contributed by atoms with E-state index >= 15 is 0 Å². The number of ether oxygens (including phenoxy) is 1. The average Bonchev–Trinajstić information content (AvgIpc) is 2.66. The summed E-state index contributed by atoms with van der Waals surface area (Å²) in [6.07, 6.45) is 6.41. The first-order chi connectivity index (χ1) is 7.25. The molecule has 0 aromatic heterocycles. The Hall–Kier alpha value is -0.0800. The van der Waals surface area contributed by atoms with Crippen LogP contribution in [0.15, 0.2) is 0 Å². The molecule has 0 amide bonds. The molecular formula is C13H27NO. The van der Waals surface area contributed by atoms with Gasteiger partial charge in [-0.2, -0.15) is 0 Å². The summed E-state index contributed by atoms with van der Waals surface area (Å²) in [5.74, 6) is 0. The van der Waals surface area contributed by atoms with Crippen LogP contribution in [-0.2, 0) is 4.74 Å². The molecule has 1 aliphatic heterocycles. The van der Waals surface area contributed by atoms with Crippen LogP contribution in [0.4, 0.5) is 0 Å². The first-order valence-corrected chi connectivity index (χ1v) is 6.59. The smallest absolute Gasteiger partial charge is 0.0480 e. The summed E-state index contributed by atoms with van der Waals surface area (Å²) < 4.78 is 5.64. The molecule has 1 heterocycles. The van der Waals surface area contributed by atoms with E-state index in [1.54, 1.807) is 0 Å². The quantitative estimate of drug-likeness (QED) is 0.603. The summed E-state index contributed by atoms with van der Waals surface area (Å²) >= 11 is 0. The predicted octanol–water partition coefficient (Wildman–Crippen LogP) is 3.07. The van der Waals surface area contributed by atoms with Gasteiger partial charge in [-0.05, 0) is 46.1 Å². The Labute approximate surface area is 95.0 Å². The van der Waals surface area contributed by atoms with Gasteiger partial charge in [-0.25, -0.2) is 0 Å². The fourth-order valence-corrected chi connectivity index (χ4v) is 2.42. The van der Waals surface area contributed by atoms with E-state index in [9.17, 15) is 0 Å². The van der Waals surface area contributed by atoms with Gasteiger partial charge in [-0.1, -0.05) is 13.3 Å². The molecule has 1 saturated heterocycles. The van der Waals surface area contributed by atoms with Crippen molar-refractivity contribution in [2.24, 2.45) is 0 Å². The summed E-state index contributed by atoms with van der Waals surface area (Å²) in [6.45, 7) is 10.0. The van der Waals surface area contributed by atoms with E-state index in [1.807, 2.05) is 0 Å². The molecule has 0 aliphatic carbocycles. The molecule has 0 aromatic rings. The lowest BCUT2D eigenvalue weighted by Crippen LogP contribution is -2.36. The second-order valence-electron chi connectivity index (χ2n) is 4.88. The second kappa shape index (κ2) is 7.24. The van der Waals surface area contributed by atoms with Crippen LogP contribution in [0.3, 0.4) is 0 Å². The SMILES string of the molecule is CCCCOCC[C@@H]1CCCN1C(C)C. The van der Waals surface area contributed by atoms with Gasteiger partial charge in [-0.3, -0.25) is 4.90 Å². The van der Waals surface area contributed by atoms with Crippen molar-refractivity contribution in [3.8, 4) is 0 Å². The number of hydrogen-bond acceptors (Lipinski definition) is 2. The van der Waals surface area contributed by atoms with Crippen molar-refractivity contribution >= 4 is 0 Å². The molecule has 0 spiro atoms. The highest BCUT2D eigenvalue weighted by Gasteiger charge is 2.25. The summed E-state index contributed by atoms with van der Waals surface area (Å²) in [5.41, 5.74) is 0. The van der Waals surface area contributed by atoms with Gasteiger partial charge in [0.05, 0.1) is 0 Å².